The Balaban J connectivity index is 2.30. The van der Waals surface area contributed by atoms with Crippen LogP contribution in [0.3, 0.4) is 0 Å². The number of rotatable bonds is 4. The fraction of sp³-hybridized carbons (Fsp3) is 0.133. The highest BCUT2D eigenvalue weighted by atomic mass is 35.5. The van der Waals surface area contributed by atoms with Gasteiger partial charge in [-0.15, -0.1) is 0 Å². The lowest BCUT2D eigenvalue weighted by atomic mass is 10.1. The molecule has 0 radical (unpaired) electrons. The van der Waals surface area contributed by atoms with E-state index in [0.29, 0.717) is 0 Å². The predicted octanol–water partition coefficient (Wildman–Crippen LogP) is 4.27. The Hall–Kier alpha value is -2.47. The number of benzene rings is 2. The molecule has 1 atom stereocenters. The van der Waals surface area contributed by atoms with Crippen molar-refractivity contribution < 1.29 is 14.4 Å². The zero-order chi connectivity index (χ0) is 16.3. The Kier molecular flexibility index (Phi) is 4.72. The van der Waals surface area contributed by atoms with Crippen molar-refractivity contribution in [3.05, 3.63) is 68.5 Å². The number of halogens is 2. The van der Waals surface area contributed by atoms with Crippen molar-refractivity contribution in [3.8, 4) is 5.75 Å². The van der Waals surface area contributed by atoms with E-state index in [4.69, 9.17) is 11.6 Å². The summed E-state index contributed by atoms with van der Waals surface area (Å²) in [6.07, 6.45) is 1.31. The Morgan fingerprint density at radius 1 is 1.36 bits per heavy atom. The van der Waals surface area contributed by atoms with Crippen LogP contribution >= 0.6 is 11.6 Å². The molecule has 0 fully saturated rings. The van der Waals surface area contributed by atoms with Crippen molar-refractivity contribution in [2.45, 2.75) is 13.0 Å². The van der Waals surface area contributed by atoms with Gasteiger partial charge in [0.05, 0.1) is 11.0 Å². The van der Waals surface area contributed by atoms with Crippen LogP contribution in [0.15, 0.2) is 41.4 Å². The first-order chi connectivity index (χ1) is 10.4. The summed E-state index contributed by atoms with van der Waals surface area (Å²) in [4.78, 5) is 14.3. The Labute approximate surface area is 130 Å². The van der Waals surface area contributed by atoms with Crippen LogP contribution in [0.25, 0.3) is 0 Å². The fourth-order valence-electron chi connectivity index (χ4n) is 1.86. The summed E-state index contributed by atoms with van der Waals surface area (Å²) in [5.74, 6) is -0.840. The molecule has 22 heavy (non-hydrogen) atoms. The molecule has 1 N–H and O–H groups in total. The van der Waals surface area contributed by atoms with Gasteiger partial charge in [0.15, 0.2) is 0 Å². The summed E-state index contributed by atoms with van der Waals surface area (Å²) in [6, 6.07) is 7.97. The topological polar surface area (TPSA) is 75.7 Å². The first-order valence-corrected chi connectivity index (χ1v) is 6.72. The predicted molar refractivity (Wildman–Crippen MR) is 82.2 cm³/mol. The number of aromatic hydroxyl groups is 1. The number of hydrogen-bond acceptors (Lipinski definition) is 4. The van der Waals surface area contributed by atoms with Crippen LogP contribution in [0, 0.1) is 15.9 Å². The molecule has 0 aliphatic carbocycles. The highest BCUT2D eigenvalue weighted by Crippen LogP contribution is 2.32. The highest BCUT2D eigenvalue weighted by Gasteiger charge is 2.17. The number of phenols is 1. The monoisotopic (exact) mass is 322 g/mol. The second-order valence-electron chi connectivity index (χ2n) is 4.63. The van der Waals surface area contributed by atoms with E-state index in [9.17, 15) is 19.6 Å². The number of nitro groups is 1. The summed E-state index contributed by atoms with van der Waals surface area (Å²) in [6.45, 7) is 1.78. The molecular weight excluding hydrogens is 311 g/mol. The number of phenolic OH excluding ortho intramolecular Hbond substituents is 1. The number of hydrogen-bond donors (Lipinski definition) is 1. The molecule has 5 nitrogen and oxygen atoms in total. The van der Waals surface area contributed by atoms with Gasteiger partial charge in [0.1, 0.15) is 5.82 Å². The van der Waals surface area contributed by atoms with Gasteiger partial charge in [-0.05, 0) is 30.7 Å². The van der Waals surface area contributed by atoms with Gasteiger partial charge in [-0.1, -0.05) is 23.7 Å². The van der Waals surface area contributed by atoms with Crippen molar-refractivity contribution in [2.24, 2.45) is 4.99 Å². The lowest BCUT2D eigenvalue weighted by Gasteiger charge is -2.07. The van der Waals surface area contributed by atoms with Gasteiger partial charge in [0, 0.05) is 22.9 Å². The van der Waals surface area contributed by atoms with Crippen molar-refractivity contribution in [1.82, 2.24) is 0 Å². The first-order valence-electron chi connectivity index (χ1n) is 6.34. The molecule has 0 spiro atoms. The van der Waals surface area contributed by atoms with E-state index in [2.05, 4.69) is 4.99 Å². The van der Waals surface area contributed by atoms with E-state index in [0.717, 1.165) is 11.6 Å². The largest absolute Gasteiger partial charge is 0.502 e. The minimum Gasteiger partial charge on any atom is -0.502 e. The molecule has 2 aromatic rings. The summed E-state index contributed by atoms with van der Waals surface area (Å²) in [7, 11) is 0. The molecule has 0 saturated heterocycles. The van der Waals surface area contributed by atoms with E-state index in [1.807, 2.05) is 0 Å². The molecule has 0 aliphatic rings. The first kappa shape index (κ1) is 15.9. The summed E-state index contributed by atoms with van der Waals surface area (Å²) in [5, 5.41) is 20.8. The van der Waals surface area contributed by atoms with Gasteiger partial charge < -0.3 is 5.11 Å². The van der Waals surface area contributed by atoms with Crippen molar-refractivity contribution in [3.63, 3.8) is 0 Å². The molecule has 0 bridgehead atoms. The normalized spacial score (nSPS) is 12.5. The Morgan fingerprint density at radius 3 is 2.59 bits per heavy atom. The number of nitro benzene ring substituents is 1. The molecule has 0 amide bonds. The zero-order valence-corrected chi connectivity index (χ0v) is 12.3. The molecule has 2 aromatic carbocycles. The lowest BCUT2D eigenvalue weighted by molar-refractivity contribution is -0.385. The summed E-state index contributed by atoms with van der Waals surface area (Å²) < 4.78 is 12.9. The van der Waals surface area contributed by atoms with Crippen LogP contribution in [0.4, 0.5) is 10.1 Å². The molecule has 0 unspecified atom stereocenters. The smallest absolute Gasteiger partial charge is 0.312 e. The second-order valence-corrected chi connectivity index (χ2v) is 5.06. The van der Waals surface area contributed by atoms with Crippen LogP contribution < -0.4 is 0 Å². The third kappa shape index (κ3) is 3.59. The summed E-state index contributed by atoms with van der Waals surface area (Å²) >= 11 is 5.80. The fourth-order valence-corrected chi connectivity index (χ4v) is 2.08. The van der Waals surface area contributed by atoms with E-state index in [1.165, 1.54) is 24.4 Å². The van der Waals surface area contributed by atoms with Crippen LogP contribution in [0.5, 0.6) is 5.75 Å². The van der Waals surface area contributed by atoms with E-state index in [1.54, 1.807) is 19.1 Å². The van der Waals surface area contributed by atoms with Crippen LogP contribution in [0.2, 0.25) is 5.02 Å². The van der Waals surface area contributed by atoms with E-state index >= 15 is 0 Å². The third-order valence-electron chi connectivity index (χ3n) is 3.07. The Morgan fingerprint density at radius 2 is 2.00 bits per heavy atom. The second kappa shape index (κ2) is 6.53. The maximum atomic E-state index is 12.9. The maximum Gasteiger partial charge on any atom is 0.312 e. The van der Waals surface area contributed by atoms with Gasteiger partial charge >= 0.3 is 5.69 Å². The van der Waals surface area contributed by atoms with Gasteiger partial charge in [-0.3, -0.25) is 15.1 Å². The Bertz CT molecular complexity index is 732. The number of aliphatic imine (C=N–C) groups is 1. The lowest BCUT2D eigenvalue weighted by Crippen LogP contribution is -1.95. The molecular formula is C15H12ClFN2O3. The SMILES string of the molecule is C[C@@H](N=Cc1cc(Cl)cc([N+](=O)[O-])c1O)c1ccc(F)cc1. The molecule has 2 rings (SSSR count). The molecule has 0 heterocycles. The zero-order valence-electron chi connectivity index (χ0n) is 11.5. The van der Waals surface area contributed by atoms with Gasteiger partial charge in [-0.25, -0.2) is 4.39 Å². The van der Waals surface area contributed by atoms with Crippen LogP contribution in [0.1, 0.15) is 24.1 Å². The van der Waals surface area contributed by atoms with Crippen LogP contribution in [-0.4, -0.2) is 16.2 Å². The van der Waals surface area contributed by atoms with Gasteiger partial charge in [0.25, 0.3) is 0 Å². The molecule has 0 saturated carbocycles. The van der Waals surface area contributed by atoms with Gasteiger partial charge in [0.2, 0.25) is 5.75 Å². The highest BCUT2D eigenvalue weighted by molar-refractivity contribution is 6.31. The number of nitrogens with zero attached hydrogens (tertiary/aromatic N) is 2. The average Bonchev–Trinajstić information content (AvgIpc) is 2.47. The van der Waals surface area contributed by atoms with Crippen molar-refractivity contribution >= 4 is 23.5 Å². The standard InChI is InChI=1S/C15H12ClFN2O3/c1-9(10-2-4-13(17)5-3-10)18-8-11-6-12(16)7-14(15(11)20)19(21)22/h2-9,20H,1H3/t9-/m1/s1. The molecule has 0 aromatic heterocycles. The molecule has 7 heteroatoms. The maximum absolute atomic E-state index is 12.9. The third-order valence-corrected chi connectivity index (χ3v) is 3.29. The average molecular weight is 323 g/mol. The minimum absolute atomic E-state index is 0.125. The summed E-state index contributed by atoms with van der Waals surface area (Å²) in [5.41, 5.74) is 0.435. The van der Waals surface area contributed by atoms with Crippen LogP contribution in [-0.2, 0) is 0 Å². The minimum atomic E-state index is -0.720. The van der Waals surface area contributed by atoms with Crippen molar-refractivity contribution in [2.75, 3.05) is 0 Å². The van der Waals surface area contributed by atoms with E-state index in [-0.39, 0.29) is 22.4 Å². The van der Waals surface area contributed by atoms with Crippen molar-refractivity contribution in [1.29, 1.82) is 0 Å². The quantitative estimate of drug-likeness (QED) is 0.518. The molecule has 114 valence electrons. The molecule has 0 aliphatic heterocycles. The van der Waals surface area contributed by atoms with E-state index < -0.39 is 16.4 Å². The van der Waals surface area contributed by atoms with Gasteiger partial charge in [-0.2, -0.15) is 0 Å².